The lowest BCUT2D eigenvalue weighted by Crippen LogP contribution is -2.48. The van der Waals surface area contributed by atoms with Crippen molar-refractivity contribution in [3.63, 3.8) is 0 Å². The van der Waals surface area contributed by atoms with Crippen molar-refractivity contribution in [2.45, 2.75) is 13.0 Å². The van der Waals surface area contributed by atoms with Crippen molar-refractivity contribution < 1.29 is 9.53 Å². The number of morpholine rings is 1. The molecule has 0 spiro atoms. The molecule has 1 aromatic carbocycles. The van der Waals surface area contributed by atoms with Crippen LogP contribution >= 0.6 is 11.6 Å². The van der Waals surface area contributed by atoms with Gasteiger partial charge in [-0.15, -0.1) is 0 Å². The highest BCUT2D eigenvalue weighted by Crippen LogP contribution is 2.17. The van der Waals surface area contributed by atoms with Crippen molar-refractivity contribution in [1.82, 2.24) is 4.90 Å². The molecule has 1 amide bonds. The summed E-state index contributed by atoms with van der Waals surface area (Å²) in [5, 5.41) is 0.585. The number of nitrogens with zero attached hydrogens (tertiary/aromatic N) is 1. The lowest BCUT2D eigenvalue weighted by Gasteiger charge is -2.32. The number of benzene rings is 1. The van der Waals surface area contributed by atoms with E-state index in [1.54, 1.807) is 11.0 Å². The first-order valence-corrected chi connectivity index (χ1v) is 6.36. The van der Waals surface area contributed by atoms with E-state index in [9.17, 15) is 4.79 Å². The third kappa shape index (κ3) is 3.02. The van der Waals surface area contributed by atoms with Crippen LogP contribution in [0.1, 0.15) is 15.9 Å². The van der Waals surface area contributed by atoms with Crippen molar-refractivity contribution in [3.8, 4) is 0 Å². The minimum atomic E-state index is -0.0667. The summed E-state index contributed by atoms with van der Waals surface area (Å²) in [7, 11) is 0. The fourth-order valence-corrected chi connectivity index (χ4v) is 2.38. The molecule has 98 valence electrons. The van der Waals surface area contributed by atoms with Gasteiger partial charge in [0, 0.05) is 30.2 Å². The minimum absolute atomic E-state index is 0.0117. The molecule has 0 radical (unpaired) electrons. The van der Waals surface area contributed by atoms with Crippen molar-refractivity contribution >= 4 is 17.5 Å². The zero-order valence-electron chi connectivity index (χ0n) is 10.4. The van der Waals surface area contributed by atoms with Gasteiger partial charge in [-0.25, -0.2) is 0 Å². The number of halogens is 1. The zero-order valence-corrected chi connectivity index (χ0v) is 11.1. The van der Waals surface area contributed by atoms with E-state index in [2.05, 4.69) is 0 Å². The molecule has 0 bridgehead atoms. The predicted molar refractivity (Wildman–Crippen MR) is 70.9 cm³/mol. The SMILES string of the molecule is Cc1cc(Cl)cc(C(=O)N2CCOC(CN)C2)c1. The third-order valence-electron chi connectivity index (χ3n) is 2.98. The Balaban J connectivity index is 2.15. The van der Waals surface area contributed by atoms with Crippen molar-refractivity contribution in [1.29, 1.82) is 0 Å². The topological polar surface area (TPSA) is 55.6 Å². The summed E-state index contributed by atoms with van der Waals surface area (Å²) in [5.41, 5.74) is 7.17. The average molecular weight is 269 g/mol. The van der Waals surface area contributed by atoms with Crippen molar-refractivity contribution in [3.05, 3.63) is 34.3 Å². The summed E-state index contributed by atoms with van der Waals surface area (Å²) in [6.45, 7) is 4.03. The number of hydrogen-bond donors (Lipinski definition) is 1. The smallest absolute Gasteiger partial charge is 0.254 e. The highest BCUT2D eigenvalue weighted by Gasteiger charge is 2.24. The lowest BCUT2D eigenvalue weighted by atomic mass is 10.1. The number of aryl methyl sites for hydroxylation is 1. The minimum Gasteiger partial charge on any atom is -0.373 e. The Labute approximate surface area is 112 Å². The standard InChI is InChI=1S/C13H17ClN2O2/c1-9-4-10(6-11(14)5-9)13(17)16-2-3-18-12(7-15)8-16/h4-6,12H,2-3,7-8,15H2,1H3. The van der Waals surface area contributed by atoms with Crippen LogP contribution in [-0.4, -0.2) is 43.2 Å². The molecule has 1 aliphatic heterocycles. The van der Waals surface area contributed by atoms with Crippen LogP contribution < -0.4 is 5.73 Å². The summed E-state index contributed by atoms with van der Waals surface area (Å²) in [4.78, 5) is 14.1. The second-order valence-corrected chi connectivity index (χ2v) is 4.93. The van der Waals surface area contributed by atoms with E-state index in [4.69, 9.17) is 22.1 Å². The first-order valence-electron chi connectivity index (χ1n) is 5.98. The van der Waals surface area contributed by atoms with E-state index in [1.165, 1.54) is 0 Å². The monoisotopic (exact) mass is 268 g/mol. The molecule has 1 aromatic rings. The van der Waals surface area contributed by atoms with E-state index >= 15 is 0 Å². The van der Waals surface area contributed by atoms with E-state index in [-0.39, 0.29) is 12.0 Å². The molecule has 0 aromatic heterocycles. The largest absolute Gasteiger partial charge is 0.373 e. The quantitative estimate of drug-likeness (QED) is 0.883. The zero-order chi connectivity index (χ0) is 13.1. The van der Waals surface area contributed by atoms with E-state index in [0.717, 1.165) is 5.56 Å². The molecule has 18 heavy (non-hydrogen) atoms. The average Bonchev–Trinajstić information content (AvgIpc) is 2.37. The Kier molecular flexibility index (Phi) is 4.22. The van der Waals surface area contributed by atoms with Gasteiger partial charge in [0.25, 0.3) is 5.91 Å². The second kappa shape index (κ2) is 5.69. The van der Waals surface area contributed by atoms with Crippen molar-refractivity contribution in [2.24, 2.45) is 5.73 Å². The van der Waals surface area contributed by atoms with Gasteiger partial charge in [0.15, 0.2) is 0 Å². The molecule has 1 unspecified atom stereocenters. The fourth-order valence-electron chi connectivity index (χ4n) is 2.09. The first kappa shape index (κ1) is 13.3. The summed E-state index contributed by atoms with van der Waals surface area (Å²) in [6.07, 6.45) is -0.0667. The number of hydrogen-bond acceptors (Lipinski definition) is 3. The summed E-state index contributed by atoms with van der Waals surface area (Å²) < 4.78 is 5.45. The molecule has 2 rings (SSSR count). The van der Waals surface area contributed by atoms with Gasteiger partial charge in [0.1, 0.15) is 0 Å². The van der Waals surface area contributed by atoms with Gasteiger partial charge in [-0.2, -0.15) is 0 Å². The van der Waals surface area contributed by atoms with Gasteiger partial charge in [0.05, 0.1) is 12.7 Å². The fraction of sp³-hybridized carbons (Fsp3) is 0.462. The summed E-state index contributed by atoms with van der Waals surface area (Å²) in [6, 6.07) is 5.38. The molecule has 1 fully saturated rings. The van der Waals surface area contributed by atoms with Gasteiger partial charge in [-0.1, -0.05) is 11.6 Å². The highest BCUT2D eigenvalue weighted by atomic mass is 35.5. The molecule has 0 saturated carbocycles. The van der Waals surface area contributed by atoms with E-state index < -0.39 is 0 Å². The Morgan fingerprint density at radius 1 is 1.56 bits per heavy atom. The normalized spacial score (nSPS) is 19.9. The van der Waals surface area contributed by atoms with Gasteiger partial charge in [-0.05, 0) is 30.7 Å². The molecule has 1 aliphatic rings. The van der Waals surface area contributed by atoms with Crippen LogP contribution in [0.3, 0.4) is 0 Å². The maximum absolute atomic E-state index is 12.3. The Hall–Kier alpha value is -1.10. The first-order chi connectivity index (χ1) is 8.60. The maximum atomic E-state index is 12.3. The molecule has 5 heteroatoms. The van der Waals surface area contributed by atoms with Gasteiger partial charge >= 0.3 is 0 Å². The van der Waals surface area contributed by atoms with Gasteiger partial charge < -0.3 is 15.4 Å². The maximum Gasteiger partial charge on any atom is 0.254 e. The second-order valence-electron chi connectivity index (χ2n) is 4.50. The Morgan fingerprint density at radius 3 is 3.00 bits per heavy atom. The van der Waals surface area contributed by atoms with Crippen LogP contribution in [0.5, 0.6) is 0 Å². The number of nitrogens with two attached hydrogens (primary N) is 1. The van der Waals surface area contributed by atoms with Crippen LogP contribution in [0, 0.1) is 6.92 Å². The van der Waals surface area contributed by atoms with Crippen LogP contribution in [0.2, 0.25) is 5.02 Å². The number of ether oxygens (including phenoxy) is 1. The molecular weight excluding hydrogens is 252 g/mol. The van der Waals surface area contributed by atoms with Crippen LogP contribution in [0.25, 0.3) is 0 Å². The van der Waals surface area contributed by atoms with E-state index in [0.29, 0.717) is 36.8 Å². The molecule has 0 aliphatic carbocycles. The summed E-state index contributed by atoms with van der Waals surface area (Å²) in [5.74, 6) is -0.0117. The number of carbonyl (C=O) groups excluding carboxylic acids is 1. The Morgan fingerprint density at radius 2 is 2.33 bits per heavy atom. The van der Waals surface area contributed by atoms with Gasteiger partial charge in [0.2, 0.25) is 0 Å². The molecule has 1 heterocycles. The molecular formula is C13H17ClN2O2. The highest BCUT2D eigenvalue weighted by molar-refractivity contribution is 6.31. The van der Waals surface area contributed by atoms with Crippen LogP contribution in [0.15, 0.2) is 18.2 Å². The van der Waals surface area contributed by atoms with Crippen LogP contribution in [-0.2, 0) is 4.74 Å². The Bertz CT molecular complexity index is 430. The van der Waals surface area contributed by atoms with Gasteiger partial charge in [-0.3, -0.25) is 4.79 Å². The van der Waals surface area contributed by atoms with Crippen LogP contribution in [0.4, 0.5) is 0 Å². The number of rotatable bonds is 2. The molecule has 1 atom stereocenters. The molecule has 1 saturated heterocycles. The van der Waals surface area contributed by atoms with Crippen molar-refractivity contribution in [2.75, 3.05) is 26.2 Å². The molecule has 4 nitrogen and oxygen atoms in total. The van der Waals surface area contributed by atoms with E-state index in [1.807, 2.05) is 19.1 Å². The predicted octanol–water partition coefficient (Wildman–Crippen LogP) is 1.45. The third-order valence-corrected chi connectivity index (χ3v) is 3.20. The molecule has 2 N–H and O–H groups in total. The number of amides is 1. The summed E-state index contributed by atoms with van der Waals surface area (Å²) >= 11 is 5.97. The lowest BCUT2D eigenvalue weighted by molar-refractivity contribution is -0.0167. The number of carbonyl (C=O) groups is 1.